The Labute approximate surface area is 121 Å². The molecule has 0 saturated carbocycles. The first-order chi connectivity index (χ1) is 9.13. The van der Waals surface area contributed by atoms with Gasteiger partial charge in [-0.15, -0.1) is 0 Å². The zero-order chi connectivity index (χ0) is 13.8. The van der Waals surface area contributed by atoms with Crippen molar-refractivity contribution < 1.29 is 9.15 Å². The molecule has 0 spiro atoms. The first-order valence-electron chi connectivity index (χ1n) is 6.08. The highest BCUT2D eigenvalue weighted by atomic mass is 79.9. The molecule has 0 aliphatic heterocycles. The van der Waals surface area contributed by atoms with Gasteiger partial charge >= 0.3 is 0 Å². The predicted octanol–water partition coefficient (Wildman–Crippen LogP) is 3.38. The van der Waals surface area contributed by atoms with Crippen molar-refractivity contribution >= 4 is 15.9 Å². The summed E-state index contributed by atoms with van der Waals surface area (Å²) in [7, 11) is 0. The lowest BCUT2D eigenvalue weighted by atomic mass is 10.0. The SMILES string of the molecule is CC(C)Oc1ccccc1C(NN)c1ccoc1Br. The van der Waals surface area contributed by atoms with Crippen LogP contribution >= 0.6 is 15.9 Å². The van der Waals surface area contributed by atoms with Crippen LogP contribution in [-0.2, 0) is 0 Å². The Kier molecular flexibility index (Phi) is 4.63. The topological polar surface area (TPSA) is 60.4 Å². The third kappa shape index (κ3) is 3.18. The Hall–Kier alpha value is -1.30. The average molecular weight is 325 g/mol. The van der Waals surface area contributed by atoms with Crippen molar-refractivity contribution in [3.63, 3.8) is 0 Å². The molecule has 1 heterocycles. The predicted molar refractivity (Wildman–Crippen MR) is 77.8 cm³/mol. The summed E-state index contributed by atoms with van der Waals surface area (Å²) in [5.41, 5.74) is 4.71. The molecule has 0 fully saturated rings. The van der Waals surface area contributed by atoms with E-state index in [0.29, 0.717) is 4.67 Å². The van der Waals surface area contributed by atoms with E-state index in [-0.39, 0.29) is 12.1 Å². The summed E-state index contributed by atoms with van der Waals surface area (Å²) in [6, 6.07) is 9.51. The number of hydrazine groups is 1. The van der Waals surface area contributed by atoms with Gasteiger partial charge < -0.3 is 9.15 Å². The summed E-state index contributed by atoms with van der Waals surface area (Å²) in [5, 5.41) is 0. The molecule has 0 aliphatic rings. The molecule has 0 radical (unpaired) electrons. The number of furan rings is 1. The minimum Gasteiger partial charge on any atom is -0.491 e. The molecule has 1 atom stereocenters. The number of halogens is 1. The molecule has 1 aromatic heterocycles. The largest absolute Gasteiger partial charge is 0.491 e. The Morgan fingerprint density at radius 1 is 1.21 bits per heavy atom. The Bertz CT molecular complexity index is 540. The van der Waals surface area contributed by atoms with Gasteiger partial charge in [0.25, 0.3) is 0 Å². The van der Waals surface area contributed by atoms with Crippen molar-refractivity contribution in [2.45, 2.75) is 26.0 Å². The lowest BCUT2D eigenvalue weighted by Crippen LogP contribution is -2.29. The number of hydrogen-bond donors (Lipinski definition) is 2. The van der Waals surface area contributed by atoms with Crippen molar-refractivity contribution in [2.24, 2.45) is 5.84 Å². The maximum Gasteiger partial charge on any atom is 0.174 e. The fraction of sp³-hybridized carbons (Fsp3) is 0.286. The van der Waals surface area contributed by atoms with Gasteiger partial charge in [0.2, 0.25) is 0 Å². The molecule has 1 unspecified atom stereocenters. The third-order valence-electron chi connectivity index (χ3n) is 2.72. The highest BCUT2D eigenvalue weighted by Gasteiger charge is 2.21. The number of hydrogen-bond acceptors (Lipinski definition) is 4. The fourth-order valence-corrected chi connectivity index (χ4v) is 2.41. The molecule has 102 valence electrons. The maximum atomic E-state index is 5.82. The van der Waals surface area contributed by atoms with E-state index in [1.807, 2.05) is 44.2 Å². The normalized spacial score (nSPS) is 12.7. The molecule has 0 amide bonds. The van der Waals surface area contributed by atoms with Crippen molar-refractivity contribution in [3.05, 3.63) is 52.4 Å². The minimum atomic E-state index is -0.192. The fourth-order valence-electron chi connectivity index (χ4n) is 1.94. The van der Waals surface area contributed by atoms with E-state index in [2.05, 4.69) is 21.4 Å². The standard InChI is InChI=1S/C14H17BrN2O2/c1-9(2)19-12-6-4-3-5-10(12)13(17-16)11-7-8-18-14(11)15/h3-9,13,17H,16H2,1-2H3. The molecule has 19 heavy (non-hydrogen) atoms. The van der Waals surface area contributed by atoms with Crippen LogP contribution < -0.4 is 16.0 Å². The lowest BCUT2D eigenvalue weighted by molar-refractivity contribution is 0.238. The molecule has 5 heteroatoms. The van der Waals surface area contributed by atoms with Crippen LogP contribution in [-0.4, -0.2) is 6.10 Å². The van der Waals surface area contributed by atoms with Gasteiger partial charge in [0.1, 0.15) is 5.75 Å². The van der Waals surface area contributed by atoms with Gasteiger partial charge in [0.15, 0.2) is 4.67 Å². The van der Waals surface area contributed by atoms with Crippen LogP contribution in [0.25, 0.3) is 0 Å². The number of ether oxygens (including phenoxy) is 1. The average Bonchev–Trinajstić information content (AvgIpc) is 2.78. The Morgan fingerprint density at radius 3 is 2.53 bits per heavy atom. The van der Waals surface area contributed by atoms with Crippen LogP contribution in [0, 0.1) is 0 Å². The van der Waals surface area contributed by atoms with E-state index >= 15 is 0 Å². The lowest BCUT2D eigenvalue weighted by Gasteiger charge is -2.20. The van der Waals surface area contributed by atoms with E-state index in [1.54, 1.807) is 6.26 Å². The zero-order valence-electron chi connectivity index (χ0n) is 10.9. The summed E-state index contributed by atoms with van der Waals surface area (Å²) in [6.07, 6.45) is 1.72. The van der Waals surface area contributed by atoms with Gasteiger partial charge in [-0.3, -0.25) is 5.84 Å². The monoisotopic (exact) mass is 324 g/mol. The quantitative estimate of drug-likeness (QED) is 0.653. The van der Waals surface area contributed by atoms with E-state index in [0.717, 1.165) is 16.9 Å². The third-order valence-corrected chi connectivity index (χ3v) is 3.36. The van der Waals surface area contributed by atoms with E-state index < -0.39 is 0 Å². The van der Waals surface area contributed by atoms with Crippen molar-refractivity contribution in [2.75, 3.05) is 0 Å². The van der Waals surface area contributed by atoms with Crippen LogP contribution in [0.3, 0.4) is 0 Å². The van der Waals surface area contributed by atoms with Crippen LogP contribution in [0.1, 0.15) is 31.0 Å². The molecule has 2 rings (SSSR count). The van der Waals surface area contributed by atoms with Crippen LogP contribution in [0.5, 0.6) is 5.75 Å². The minimum absolute atomic E-state index is 0.104. The second kappa shape index (κ2) is 6.23. The first kappa shape index (κ1) is 14.1. The molecule has 0 aliphatic carbocycles. The summed E-state index contributed by atoms with van der Waals surface area (Å²) >= 11 is 3.38. The van der Waals surface area contributed by atoms with Crippen molar-refractivity contribution in [3.8, 4) is 5.75 Å². The molecule has 2 aromatic rings. The van der Waals surface area contributed by atoms with Crippen LogP contribution in [0.4, 0.5) is 0 Å². The molecule has 4 nitrogen and oxygen atoms in total. The molecular weight excluding hydrogens is 308 g/mol. The van der Waals surface area contributed by atoms with Crippen LogP contribution in [0.15, 0.2) is 45.7 Å². The van der Waals surface area contributed by atoms with E-state index in [4.69, 9.17) is 15.0 Å². The number of rotatable bonds is 5. The first-order valence-corrected chi connectivity index (χ1v) is 6.87. The molecule has 3 N–H and O–H groups in total. The second-order valence-corrected chi connectivity index (χ2v) is 5.17. The van der Waals surface area contributed by atoms with Gasteiger partial charge in [-0.05, 0) is 41.9 Å². The second-order valence-electron chi connectivity index (χ2n) is 4.45. The summed E-state index contributed by atoms with van der Waals surface area (Å²) < 4.78 is 11.8. The van der Waals surface area contributed by atoms with Crippen LogP contribution in [0.2, 0.25) is 0 Å². The summed E-state index contributed by atoms with van der Waals surface area (Å²) in [5.74, 6) is 6.51. The van der Waals surface area contributed by atoms with E-state index in [9.17, 15) is 0 Å². The number of benzene rings is 1. The smallest absolute Gasteiger partial charge is 0.174 e. The summed E-state index contributed by atoms with van der Waals surface area (Å²) in [4.78, 5) is 0. The van der Waals surface area contributed by atoms with Gasteiger partial charge in [-0.2, -0.15) is 0 Å². The van der Waals surface area contributed by atoms with Gasteiger partial charge in [0.05, 0.1) is 18.4 Å². The molecular formula is C14H17BrN2O2. The maximum absolute atomic E-state index is 5.82. The Morgan fingerprint density at radius 2 is 1.95 bits per heavy atom. The van der Waals surface area contributed by atoms with Gasteiger partial charge in [-0.1, -0.05) is 18.2 Å². The van der Waals surface area contributed by atoms with Gasteiger partial charge in [-0.25, -0.2) is 5.43 Å². The molecule has 0 saturated heterocycles. The zero-order valence-corrected chi connectivity index (χ0v) is 12.5. The molecule has 1 aromatic carbocycles. The Balaban J connectivity index is 2.41. The highest BCUT2D eigenvalue weighted by Crippen LogP contribution is 2.34. The number of nitrogens with two attached hydrogens (primary N) is 1. The molecule has 0 bridgehead atoms. The highest BCUT2D eigenvalue weighted by molar-refractivity contribution is 9.10. The van der Waals surface area contributed by atoms with Gasteiger partial charge in [0, 0.05) is 11.1 Å². The number of nitrogens with one attached hydrogen (secondary N) is 1. The summed E-state index contributed by atoms with van der Waals surface area (Å²) in [6.45, 7) is 3.99. The number of para-hydroxylation sites is 1. The van der Waals surface area contributed by atoms with Crippen molar-refractivity contribution in [1.82, 2.24) is 5.43 Å². The van der Waals surface area contributed by atoms with Crippen molar-refractivity contribution in [1.29, 1.82) is 0 Å². The van der Waals surface area contributed by atoms with E-state index in [1.165, 1.54) is 0 Å².